The molecular formula is C14H22N2O. The average molecular weight is 234 g/mol. The zero-order valence-electron chi connectivity index (χ0n) is 10.7. The van der Waals surface area contributed by atoms with Gasteiger partial charge in [-0.3, -0.25) is 9.97 Å². The quantitative estimate of drug-likeness (QED) is 0.874. The summed E-state index contributed by atoms with van der Waals surface area (Å²) in [7, 11) is 0. The number of aliphatic hydroxyl groups is 1. The first-order valence-corrected chi connectivity index (χ1v) is 6.62. The fraction of sp³-hybridized carbons (Fsp3) is 0.714. The standard InChI is InChI=1S/C14H22N2O/c1-10(2)11-3-5-12(6-4-11)14(17)13-9-15-7-8-16-13/h7-12,14,17H,3-6H2,1-2H3. The van der Waals surface area contributed by atoms with Crippen LogP contribution in [0.25, 0.3) is 0 Å². The first kappa shape index (κ1) is 12.5. The second-order valence-corrected chi connectivity index (χ2v) is 5.49. The van der Waals surface area contributed by atoms with E-state index in [0.29, 0.717) is 5.92 Å². The van der Waals surface area contributed by atoms with Crippen LogP contribution in [0.4, 0.5) is 0 Å². The predicted molar refractivity (Wildman–Crippen MR) is 67.3 cm³/mol. The number of aromatic nitrogens is 2. The van der Waals surface area contributed by atoms with Crippen LogP contribution in [0.1, 0.15) is 51.3 Å². The van der Waals surface area contributed by atoms with E-state index in [9.17, 15) is 5.11 Å². The third-order valence-electron chi connectivity index (χ3n) is 4.09. The van der Waals surface area contributed by atoms with Crippen molar-refractivity contribution in [2.45, 2.75) is 45.6 Å². The molecule has 1 aliphatic rings. The molecule has 0 amide bonds. The van der Waals surface area contributed by atoms with E-state index in [4.69, 9.17) is 0 Å². The van der Waals surface area contributed by atoms with Crippen LogP contribution in [-0.4, -0.2) is 15.1 Å². The van der Waals surface area contributed by atoms with Crippen LogP contribution in [0.2, 0.25) is 0 Å². The lowest BCUT2D eigenvalue weighted by atomic mass is 9.75. The van der Waals surface area contributed by atoms with Gasteiger partial charge in [0, 0.05) is 12.4 Å². The summed E-state index contributed by atoms with van der Waals surface area (Å²) in [6.07, 6.45) is 9.24. The SMILES string of the molecule is CC(C)C1CCC(C(O)c2cnccn2)CC1. The molecule has 1 N–H and O–H groups in total. The smallest absolute Gasteiger partial charge is 0.100 e. The van der Waals surface area contributed by atoms with Crippen molar-refractivity contribution in [3.05, 3.63) is 24.3 Å². The average Bonchev–Trinajstić information content (AvgIpc) is 2.39. The lowest BCUT2D eigenvalue weighted by Gasteiger charge is -2.33. The number of aliphatic hydroxyl groups excluding tert-OH is 1. The maximum absolute atomic E-state index is 10.3. The first-order valence-electron chi connectivity index (χ1n) is 6.62. The van der Waals surface area contributed by atoms with Crippen LogP contribution in [0.5, 0.6) is 0 Å². The van der Waals surface area contributed by atoms with Crippen molar-refractivity contribution in [1.82, 2.24) is 9.97 Å². The Morgan fingerprint density at radius 2 is 1.76 bits per heavy atom. The molecule has 17 heavy (non-hydrogen) atoms. The van der Waals surface area contributed by atoms with E-state index < -0.39 is 6.10 Å². The predicted octanol–water partition coefficient (Wildman–Crippen LogP) is 2.97. The van der Waals surface area contributed by atoms with Crippen molar-refractivity contribution in [3.63, 3.8) is 0 Å². The summed E-state index contributed by atoms with van der Waals surface area (Å²) in [6.45, 7) is 4.59. The van der Waals surface area contributed by atoms with Crippen molar-refractivity contribution in [2.24, 2.45) is 17.8 Å². The van der Waals surface area contributed by atoms with E-state index >= 15 is 0 Å². The molecule has 0 radical (unpaired) electrons. The highest BCUT2D eigenvalue weighted by Gasteiger charge is 2.29. The van der Waals surface area contributed by atoms with E-state index in [2.05, 4.69) is 23.8 Å². The Kier molecular flexibility index (Phi) is 4.11. The minimum atomic E-state index is -0.434. The molecule has 1 atom stereocenters. The van der Waals surface area contributed by atoms with Gasteiger partial charge < -0.3 is 5.11 Å². The summed E-state index contributed by atoms with van der Waals surface area (Å²) in [6, 6.07) is 0. The molecule has 0 saturated heterocycles. The summed E-state index contributed by atoms with van der Waals surface area (Å²) in [5.74, 6) is 1.96. The number of hydrogen-bond acceptors (Lipinski definition) is 3. The molecule has 0 aromatic carbocycles. The summed E-state index contributed by atoms with van der Waals surface area (Å²) < 4.78 is 0. The van der Waals surface area contributed by atoms with Crippen LogP contribution in [-0.2, 0) is 0 Å². The zero-order valence-corrected chi connectivity index (χ0v) is 10.7. The van der Waals surface area contributed by atoms with Gasteiger partial charge >= 0.3 is 0 Å². The molecule has 0 spiro atoms. The summed E-state index contributed by atoms with van der Waals surface area (Å²) in [5.41, 5.74) is 0.723. The maximum Gasteiger partial charge on any atom is 0.100 e. The lowest BCUT2D eigenvalue weighted by Crippen LogP contribution is -2.23. The van der Waals surface area contributed by atoms with E-state index in [1.54, 1.807) is 18.6 Å². The normalized spacial score (nSPS) is 27.1. The number of nitrogens with zero attached hydrogens (tertiary/aromatic N) is 2. The molecule has 1 aromatic heterocycles. The van der Waals surface area contributed by atoms with Gasteiger partial charge in [-0.25, -0.2) is 0 Å². The van der Waals surface area contributed by atoms with Crippen molar-refractivity contribution in [1.29, 1.82) is 0 Å². The van der Waals surface area contributed by atoms with E-state index in [1.807, 2.05) is 0 Å². The van der Waals surface area contributed by atoms with Gasteiger partial charge in [0.1, 0.15) is 6.10 Å². The van der Waals surface area contributed by atoms with Gasteiger partial charge in [-0.05, 0) is 43.4 Å². The molecule has 3 nitrogen and oxygen atoms in total. The van der Waals surface area contributed by atoms with Gasteiger partial charge in [-0.2, -0.15) is 0 Å². The van der Waals surface area contributed by atoms with Gasteiger partial charge in [0.15, 0.2) is 0 Å². The Hall–Kier alpha value is -0.960. The second-order valence-electron chi connectivity index (χ2n) is 5.49. The van der Waals surface area contributed by atoms with E-state index in [-0.39, 0.29) is 0 Å². The fourth-order valence-electron chi connectivity index (χ4n) is 2.83. The third-order valence-corrected chi connectivity index (χ3v) is 4.09. The van der Waals surface area contributed by atoms with Crippen molar-refractivity contribution >= 4 is 0 Å². The summed E-state index contributed by atoms with van der Waals surface area (Å²) in [4.78, 5) is 8.22. The maximum atomic E-state index is 10.3. The molecule has 0 bridgehead atoms. The van der Waals surface area contributed by atoms with Gasteiger partial charge in [0.2, 0.25) is 0 Å². The van der Waals surface area contributed by atoms with E-state index in [0.717, 1.165) is 30.4 Å². The molecular weight excluding hydrogens is 212 g/mol. The first-order chi connectivity index (χ1) is 8.18. The molecule has 1 fully saturated rings. The number of hydrogen-bond donors (Lipinski definition) is 1. The minimum absolute atomic E-state index is 0.363. The Balaban J connectivity index is 1.93. The molecule has 3 heteroatoms. The molecule has 1 aromatic rings. The molecule has 1 aliphatic carbocycles. The monoisotopic (exact) mass is 234 g/mol. The van der Waals surface area contributed by atoms with Crippen LogP contribution in [0.15, 0.2) is 18.6 Å². The summed E-state index contributed by atoms with van der Waals surface area (Å²) in [5, 5.41) is 10.3. The van der Waals surface area contributed by atoms with Crippen LogP contribution in [0, 0.1) is 17.8 Å². The van der Waals surface area contributed by atoms with Crippen molar-refractivity contribution < 1.29 is 5.11 Å². The lowest BCUT2D eigenvalue weighted by molar-refractivity contribution is 0.0634. The Labute approximate surface area is 103 Å². The Morgan fingerprint density at radius 3 is 2.29 bits per heavy atom. The molecule has 1 saturated carbocycles. The van der Waals surface area contributed by atoms with Gasteiger partial charge in [-0.15, -0.1) is 0 Å². The zero-order chi connectivity index (χ0) is 12.3. The van der Waals surface area contributed by atoms with E-state index in [1.165, 1.54) is 12.8 Å². The Bertz CT molecular complexity index is 331. The molecule has 0 aliphatic heterocycles. The van der Waals surface area contributed by atoms with Crippen LogP contribution in [0.3, 0.4) is 0 Å². The topological polar surface area (TPSA) is 46.0 Å². The van der Waals surface area contributed by atoms with Crippen LogP contribution >= 0.6 is 0 Å². The number of rotatable bonds is 3. The third kappa shape index (κ3) is 3.03. The molecule has 94 valence electrons. The Morgan fingerprint density at radius 1 is 1.12 bits per heavy atom. The molecule has 1 unspecified atom stereocenters. The van der Waals surface area contributed by atoms with Crippen molar-refractivity contribution in [2.75, 3.05) is 0 Å². The highest BCUT2D eigenvalue weighted by Crippen LogP contribution is 2.38. The minimum Gasteiger partial charge on any atom is -0.386 e. The second kappa shape index (κ2) is 5.58. The van der Waals surface area contributed by atoms with Gasteiger partial charge in [0.05, 0.1) is 11.9 Å². The van der Waals surface area contributed by atoms with Gasteiger partial charge in [0.25, 0.3) is 0 Å². The summed E-state index contributed by atoms with van der Waals surface area (Å²) >= 11 is 0. The molecule has 2 rings (SSSR count). The highest BCUT2D eigenvalue weighted by atomic mass is 16.3. The van der Waals surface area contributed by atoms with Crippen molar-refractivity contribution in [3.8, 4) is 0 Å². The largest absolute Gasteiger partial charge is 0.386 e. The van der Waals surface area contributed by atoms with Gasteiger partial charge in [-0.1, -0.05) is 13.8 Å². The fourth-order valence-corrected chi connectivity index (χ4v) is 2.83. The highest BCUT2D eigenvalue weighted by molar-refractivity contribution is 5.01. The van der Waals surface area contributed by atoms with Crippen LogP contribution < -0.4 is 0 Å². The molecule has 1 heterocycles.